The molecular formula is C26H32ClN7O. The van der Waals surface area contributed by atoms with Crippen LogP contribution in [0.5, 0.6) is 0 Å². The maximum absolute atomic E-state index is 9.05. The van der Waals surface area contributed by atoms with Gasteiger partial charge in [-0.1, -0.05) is 54.0 Å². The predicted octanol–water partition coefficient (Wildman–Crippen LogP) is 4.51. The van der Waals surface area contributed by atoms with Crippen LogP contribution < -0.4 is 11.1 Å². The van der Waals surface area contributed by atoms with E-state index in [1.54, 1.807) is 0 Å². The van der Waals surface area contributed by atoms with Crippen molar-refractivity contribution in [2.24, 2.45) is 10.9 Å². The number of oxime groups is 1. The summed E-state index contributed by atoms with van der Waals surface area (Å²) in [5.74, 6) is 1.69. The molecule has 1 fully saturated rings. The number of hydrogen-bond acceptors (Lipinski definition) is 6. The van der Waals surface area contributed by atoms with Gasteiger partial charge in [0.15, 0.2) is 5.84 Å². The Hall–Kier alpha value is -3.36. The Balaban J connectivity index is 0.00000289. The number of likely N-dealkylation sites (tertiary alicyclic amines) is 1. The number of fused-ring (bicyclic) bond motifs is 3. The number of aromatic nitrogens is 3. The van der Waals surface area contributed by atoms with E-state index >= 15 is 0 Å². The summed E-state index contributed by atoms with van der Waals surface area (Å²) in [4.78, 5) is 15.7. The van der Waals surface area contributed by atoms with Gasteiger partial charge in [-0.2, -0.15) is 0 Å². The fourth-order valence-corrected chi connectivity index (χ4v) is 4.74. The molecule has 0 saturated carbocycles. The van der Waals surface area contributed by atoms with E-state index < -0.39 is 0 Å². The molecule has 35 heavy (non-hydrogen) atoms. The average Bonchev–Trinajstić information content (AvgIpc) is 3.25. The first kappa shape index (κ1) is 24.8. The lowest BCUT2D eigenvalue weighted by atomic mass is 10.1. The molecule has 4 aromatic rings. The van der Waals surface area contributed by atoms with Gasteiger partial charge in [0.05, 0.1) is 5.39 Å². The van der Waals surface area contributed by atoms with Gasteiger partial charge >= 0.3 is 0 Å². The number of rotatable bonds is 8. The lowest BCUT2D eigenvalue weighted by Crippen LogP contribution is -2.31. The van der Waals surface area contributed by atoms with Gasteiger partial charge in [0, 0.05) is 29.4 Å². The van der Waals surface area contributed by atoms with E-state index in [0.717, 1.165) is 53.1 Å². The van der Waals surface area contributed by atoms with Gasteiger partial charge in [0.2, 0.25) is 0 Å². The number of amidine groups is 1. The van der Waals surface area contributed by atoms with E-state index in [2.05, 4.69) is 32.5 Å². The first-order valence-electron chi connectivity index (χ1n) is 12.0. The molecule has 0 amide bonds. The lowest BCUT2D eigenvalue weighted by Gasteiger charge is -2.26. The van der Waals surface area contributed by atoms with Crippen molar-refractivity contribution in [3.63, 3.8) is 0 Å². The molecule has 0 atom stereocenters. The van der Waals surface area contributed by atoms with Crippen LogP contribution in [0.3, 0.4) is 0 Å². The maximum atomic E-state index is 9.05. The minimum atomic E-state index is 0. The Morgan fingerprint density at radius 3 is 2.66 bits per heavy atom. The molecular weight excluding hydrogens is 462 g/mol. The van der Waals surface area contributed by atoms with Crippen LogP contribution >= 0.6 is 12.4 Å². The van der Waals surface area contributed by atoms with Gasteiger partial charge in [-0.25, -0.2) is 9.97 Å². The summed E-state index contributed by atoms with van der Waals surface area (Å²) in [6.45, 7) is 4.38. The Labute approximate surface area is 211 Å². The molecule has 5 N–H and O–H groups in total. The number of nitrogens with one attached hydrogen (secondary N) is 2. The highest BCUT2D eigenvalue weighted by molar-refractivity contribution is 6.13. The molecule has 5 rings (SSSR count). The fraction of sp³-hybridized carbons (Fsp3) is 0.346. The normalized spacial score (nSPS) is 14.8. The second kappa shape index (κ2) is 11.4. The molecule has 0 unspecified atom stereocenters. The molecule has 0 aliphatic carbocycles. The zero-order valence-electron chi connectivity index (χ0n) is 19.7. The predicted molar refractivity (Wildman–Crippen MR) is 144 cm³/mol. The first-order chi connectivity index (χ1) is 16.7. The van der Waals surface area contributed by atoms with E-state index in [9.17, 15) is 0 Å². The smallest absolute Gasteiger partial charge is 0.170 e. The van der Waals surface area contributed by atoms with E-state index in [1.807, 2.05) is 36.4 Å². The molecule has 9 heteroatoms. The summed E-state index contributed by atoms with van der Waals surface area (Å²) in [6, 6.07) is 16.0. The van der Waals surface area contributed by atoms with E-state index in [-0.39, 0.29) is 18.2 Å². The van der Waals surface area contributed by atoms with Gasteiger partial charge in [0.1, 0.15) is 17.3 Å². The number of benzene rings is 2. The van der Waals surface area contributed by atoms with Crippen molar-refractivity contribution in [2.75, 3.05) is 31.5 Å². The van der Waals surface area contributed by atoms with Gasteiger partial charge in [-0.15, -0.1) is 12.4 Å². The molecule has 0 radical (unpaired) electrons. The highest BCUT2D eigenvalue weighted by Crippen LogP contribution is 2.30. The molecule has 2 aromatic heterocycles. The largest absolute Gasteiger partial charge is 0.409 e. The summed E-state index contributed by atoms with van der Waals surface area (Å²) in [7, 11) is 0. The van der Waals surface area contributed by atoms with E-state index in [0.29, 0.717) is 12.0 Å². The second-order valence-corrected chi connectivity index (χ2v) is 8.93. The van der Waals surface area contributed by atoms with Gasteiger partial charge in [-0.3, -0.25) is 0 Å². The maximum Gasteiger partial charge on any atom is 0.170 e. The Kier molecular flexibility index (Phi) is 8.05. The van der Waals surface area contributed by atoms with Crippen LogP contribution in [0.25, 0.3) is 21.9 Å². The zero-order chi connectivity index (χ0) is 23.3. The molecule has 2 aromatic carbocycles. The lowest BCUT2D eigenvalue weighted by molar-refractivity contribution is 0.228. The van der Waals surface area contributed by atoms with Crippen molar-refractivity contribution in [3.8, 4) is 0 Å². The number of anilines is 1. The van der Waals surface area contributed by atoms with Gasteiger partial charge in [-0.05, 0) is 50.5 Å². The summed E-state index contributed by atoms with van der Waals surface area (Å²) < 4.78 is 0. The van der Waals surface area contributed by atoms with Crippen LogP contribution in [0, 0.1) is 0 Å². The molecule has 1 aliphatic rings. The zero-order valence-corrected chi connectivity index (χ0v) is 20.5. The molecule has 8 nitrogen and oxygen atoms in total. The third-order valence-electron chi connectivity index (χ3n) is 6.50. The standard InChI is InChI=1S/C26H31N7O.ClH/c27-24(32-34)19-10-11-20-21(17-19)29-26-23(20)25(28-12-7-15-33-13-5-2-6-14-33)30-22(31-26)16-18-8-3-1-4-9-18;/h1,3-4,8-11,17,34H,2,5-7,12-16H2,(H2,27,32)(H2,28,29,30,31);1H. The Morgan fingerprint density at radius 1 is 1.09 bits per heavy atom. The molecule has 0 spiro atoms. The van der Waals surface area contributed by atoms with Crippen molar-refractivity contribution in [2.45, 2.75) is 32.1 Å². The molecule has 1 saturated heterocycles. The van der Waals surface area contributed by atoms with Crippen molar-refractivity contribution in [3.05, 3.63) is 65.5 Å². The van der Waals surface area contributed by atoms with Crippen LogP contribution in [0.4, 0.5) is 5.82 Å². The number of H-pyrrole nitrogens is 1. The van der Waals surface area contributed by atoms with Crippen molar-refractivity contribution in [1.82, 2.24) is 19.9 Å². The number of nitrogens with two attached hydrogens (primary N) is 1. The monoisotopic (exact) mass is 493 g/mol. The number of nitrogens with zero attached hydrogens (tertiary/aromatic N) is 4. The van der Waals surface area contributed by atoms with Crippen LogP contribution in [-0.4, -0.2) is 57.1 Å². The summed E-state index contributed by atoms with van der Waals surface area (Å²) in [5, 5.41) is 17.7. The molecule has 0 bridgehead atoms. The summed E-state index contributed by atoms with van der Waals surface area (Å²) in [5.41, 5.74) is 9.28. The third-order valence-corrected chi connectivity index (χ3v) is 6.50. The summed E-state index contributed by atoms with van der Waals surface area (Å²) >= 11 is 0. The Morgan fingerprint density at radius 2 is 1.89 bits per heavy atom. The molecule has 1 aliphatic heterocycles. The van der Waals surface area contributed by atoms with Crippen LogP contribution in [0.2, 0.25) is 0 Å². The highest BCUT2D eigenvalue weighted by Gasteiger charge is 2.16. The van der Waals surface area contributed by atoms with Crippen LogP contribution in [-0.2, 0) is 6.42 Å². The van der Waals surface area contributed by atoms with Crippen LogP contribution in [0.1, 0.15) is 42.6 Å². The van der Waals surface area contributed by atoms with Crippen molar-refractivity contribution in [1.29, 1.82) is 0 Å². The van der Waals surface area contributed by atoms with Gasteiger partial charge < -0.3 is 26.1 Å². The Bertz CT molecular complexity index is 1300. The SMILES string of the molecule is Cl.N/C(=N\O)c1ccc2c(c1)[nH]c1nc(Cc3ccccc3)nc(NCCCN3CCCCC3)c12. The third kappa shape index (κ3) is 5.66. The molecule has 3 heterocycles. The average molecular weight is 494 g/mol. The number of piperidine rings is 1. The van der Waals surface area contributed by atoms with Gasteiger partial charge in [0.25, 0.3) is 0 Å². The van der Waals surface area contributed by atoms with Crippen molar-refractivity contribution >= 4 is 46.0 Å². The number of halogens is 1. The number of aromatic amines is 1. The number of hydrogen-bond donors (Lipinski definition) is 4. The summed E-state index contributed by atoms with van der Waals surface area (Å²) in [6.07, 6.45) is 5.70. The topological polar surface area (TPSA) is 115 Å². The van der Waals surface area contributed by atoms with Crippen molar-refractivity contribution < 1.29 is 5.21 Å². The minimum Gasteiger partial charge on any atom is -0.409 e. The second-order valence-electron chi connectivity index (χ2n) is 8.93. The molecule has 184 valence electrons. The first-order valence-corrected chi connectivity index (χ1v) is 12.0. The van der Waals surface area contributed by atoms with E-state index in [1.165, 1.54) is 37.9 Å². The quantitative estimate of drug-likeness (QED) is 0.0943. The minimum absolute atomic E-state index is 0. The van der Waals surface area contributed by atoms with Crippen LogP contribution in [0.15, 0.2) is 53.7 Å². The highest BCUT2D eigenvalue weighted by atomic mass is 35.5. The van der Waals surface area contributed by atoms with E-state index in [4.69, 9.17) is 20.9 Å². The fourth-order valence-electron chi connectivity index (χ4n) is 4.74.